The van der Waals surface area contributed by atoms with Gasteiger partial charge in [0.25, 0.3) is 23.8 Å². The number of allylic oxidation sites excluding steroid dienone is 6. The molecule has 0 saturated heterocycles. The van der Waals surface area contributed by atoms with Crippen LogP contribution in [0.3, 0.4) is 0 Å². The molecule has 274 valence electrons. The van der Waals surface area contributed by atoms with E-state index in [-0.39, 0.29) is 11.1 Å². The minimum absolute atomic E-state index is 0.00133. The highest BCUT2D eigenvalue weighted by Gasteiger charge is 2.45. The molecule has 3 aromatic carbocycles. The van der Waals surface area contributed by atoms with E-state index >= 15 is 17.6 Å². The van der Waals surface area contributed by atoms with Crippen LogP contribution in [-0.2, 0) is 0 Å². The molecule has 2 aromatic heterocycles. The van der Waals surface area contributed by atoms with E-state index in [1.54, 1.807) is 0 Å². The predicted octanol–water partition coefficient (Wildman–Crippen LogP) is 9.80. The standard InChI is InChI=1S/C42H10F8N8/c1-55-37-24(18-11-7-4-8-12-18)26(22(16-54)30-33(43)39(47)57-40(48)34(30)44)28-20(14-52)25-19(13-51)23(17-9-5-3-6-10-17)31(27(25)21(15-53)29(28)37)38(56-2)32-35(45)41(49)58-42(50)36(32)46/h3-12H/b26-22+,38-31-. The van der Waals surface area contributed by atoms with E-state index in [1.807, 2.05) is 18.2 Å². The fourth-order valence-corrected chi connectivity index (χ4v) is 7.07. The maximum Gasteiger partial charge on any atom is 0.252 e. The molecule has 58 heavy (non-hydrogen) atoms. The predicted molar refractivity (Wildman–Crippen MR) is 189 cm³/mol. The summed E-state index contributed by atoms with van der Waals surface area (Å²) in [5.74, 6) is -17.3. The molecule has 8 nitrogen and oxygen atoms in total. The minimum Gasteiger partial charge on any atom is -0.237 e. The van der Waals surface area contributed by atoms with E-state index in [9.17, 15) is 38.6 Å². The lowest BCUT2D eigenvalue weighted by molar-refractivity contribution is 0.404. The van der Waals surface area contributed by atoms with Gasteiger partial charge >= 0.3 is 0 Å². The molecule has 16 heteroatoms. The summed E-state index contributed by atoms with van der Waals surface area (Å²) < 4.78 is 121. The van der Waals surface area contributed by atoms with Gasteiger partial charge in [0, 0.05) is 11.1 Å². The summed E-state index contributed by atoms with van der Waals surface area (Å²) in [6.07, 6.45) is 0. The van der Waals surface area contributed by atoms with Crippen LogP contribution in [0.2, 0.25) is 0 Å². The monoisotopic (exact) mass is 778 g/mol. The first-order valence-corrected chi connectivity index (χ1v) is 16.0. The van der Waals surface area contributed by atoms with Crippen molar-refractivity contribution >= 4 is 44.8 Å². The van der Waals surface area contributed by atoms with Crippen molar-refractivity contribution in [2.75, 3.05) is 0 Å². The number of pyridine rings is 2. The van der Waals surface area contributed by atoms with Crippen LogP contribution < -0.4 is 0 Å². The molecule has 2 aliphatic rings. The molecule has 0 radical (unpaired) electrons. The van der Waals surface area contributed by atoms with Crippen molar-refractivity contribution in [1.82, 2.24) is 9.97 Å². The zero-order chi connectivity index (χ0) is 41.7. The van der Waals surface area contributed by atoms with Gasteiger partial charge in [-0.25, -0.2) is 27.3 Å². The van der Waals surface area contributed by atoms with Crippen molar-refractivity contribution in [3.05, 3.63) is 186 Å². The first kappa shape index (κ1) is 37.6. The molecule has 0 fully saturated rings. The second-order valence-corrected chi connectivity index (χ2v) is 12.0. The Bertz CT molecular complexity index is 2880. The molecular weight excluding hydrogens is 769 g/mol. The Balaban J connectivity index is 1.83. The van der Waals surface area contributed by atoms with Crippen LogP contribution in [0, 0.1) is 106 Å². The van der Waals surface area contributed by atoms with E-state index < -0.39 is 136 Å². The van der Waals surface area contributed by atoms with E-state index in [1.165, 1.54) is 66.7 Å². The Hall–Kier alpha value is -8.70. The molecule has 0 spiro atoms. The van der Waals surface area contributed by atoms with Crippen LogP contribution in [0.25, 0.3) is 54.5 Å². The molecule has 0 atom stereocenters. The van der Waals surface area contributed by atoms with Gasteiger partial charge < -0.3 is 0 Å². The highest BCUT2D eigenvalue weighted by Crippen LogP contribution is 2.60. The summed E-state index contributed by atoms with van der Waals surface area (Å²) in [5, 5.41) is 43.3. The molecule has 2 heterocycles. The fraction of sp³-hybridized carbons (Fsp3) is 0. The summed E-state index contributed by atoms with van der Waals surface area (Å²) in [5.41, 5.74) is -12.8. The largest absolute Gasteiger partial charge is 0.252 e. The van der Waals surface area contributed by atoms with Crippen molar-refractivity contribution in [3.63, 3.8) is 0 Å². The SMILES string of the molecule is [C-]#[N+]C1=C(c2ccccc2)/C(=C(/C#N)c2c(F)c(F)nc(F)c2F)c2c(C#N)c3c(c(C#N)c21)/C(=C(\[N+]#[C-])c1c(F)c(F)nc(F)c1F)C(c1ccccc1)=C3C#N. The van der Waals surface area contributed by atoms with Gasteiger partial charge in [0.1, 0.15) is 18.2 Å². The molecule has 2 aliphatic carbocycles. The number of aromatic nitrogens is 2. The summed E-state index contributed by atoms with van der Waals surface area (Å²) in [4.78, 5) is 11.8. The number of hydrogen-bond donors (Lipinski definition) is 0. The lowest BCUT2D eigenvalue weighted by Crippen LogP contribution is -2.09. The second-order valence-electron chi connectivity index (χ2n) is 12.0. The average Bonchev–Trinajstić information content (AvgIpc) is 3.75. The summed E-state index contributed by atoms with van der Waals surface area (Å²) >= 11 is 0. The van der Waals surface area contributed by atoms with Crippen LogP contribution >= 0.6 is 0 Å². The molecule has 0 unspecified atom stereocenters. The Labute approximate surface area is 321 Å². The van der Waals surface area contributed by atoms with Crippen molar-refractivity contribution < 1.29 is 35.1 Å². The van der Waals surface area contributed by atoms with Crippen molar-refractivity contribution in [2.45, 2.75) is 0 Å². The van der Waals surface area contributed by atoms with Crippen molar-refractivity contribution in [3.8, 4) is 24.3 Å². The van der Waals surface area contributed by atoms with Crippen LogP contribution in [-0.4, -0.2) is 9.97 Å². The van der Waals surface area contributed by atoms with Crippen LogP contribution in [0.5, 0.6) is 0 Å². The molecule has 0 amide bonds. The normalized spacial score (nSPS) is 14.4. The van der Waals surface area contributed by atoms with Crippen LogP contribution in [0.4, 0.5) is 35.1 Å². The van der Waals surface area contributed by atoms with Crippen molar-refractivity contribution in [1.29, 1.82) is 21.0 Å². The minimum atomic E-state index is -2.17. The highest BCUT2D eigenvalue weighted by molar-refractivity contribution is 6.35. The van der Waals surface area contributed by atoms with Crippen molar-refractivity contribution in [2.24, 2.45) is 0 Å². The average molecular weight is 779 g/mol. The summed E-state index contributed by atoms with van der Waals surface area (Å²) in [6, 6.07) is 21.1. The van der Waals surface area contributed by atoms with E-state index in [2.05, 4.69) is 19.7 Å². The molecule has 0 saturated carbocycles. The lowest BCUT2D eigenvalue weighted by Gasteiger charge is -2.19. The number of rotatable bonds is 4. The number of benzene rings is 3. The third-order valence-corrected chi connectivity index (χ3v) is 9.24. The maximum atomic E-state index is 15.6. The molecule has 0 N–H and O–H groups in total. The van der Waals surface area contributed by atoms with Gasteiger partial charge in [-0.1, -0.05) is 60.7 Å². The molecule has 7 rings (SSSR count). The smallest absolute Gasteiger partial charge is 0.237 e. The number of nitrogens with zero attached hydrogens (tertiary/aromatic N) is 8. The maximum absolute atomic E-state index is 15.6. The highest BCUT2D eigenvalue weighted by atomic mass is 19.2. The van der Waals surface area contributed by atoms with Gasteiger partial charge in [0.05, 0.1) is 52.6 Å². The first-order chi connectivity index (χ1) is 27.9. The molecule has 0 aliphatic heterocycles. The number of fused-ring (bicyclic) bond motifs is 2. The van der Waals surface area contributed by atoms with Gasteiger partial charge in [-0.15, -0.1) is 0 Å². The Kier molecular flexibility index (Phi) is 9.19. The Morgan fingerprint density at radius 3 is 1.41 bits per heavy atom. The Morgan fingerprint density at radius 2 is 0.983 bits per heavy atom. The first-order valence-electron chi connectivity index (χ1n) is 16.0. The van der Waals surface area contributed by atoms with Gasteiger partial charge in [0.2, 0.25) is 11.4 Å². The third kappa shape index (κ3) is 5.23. The van der Waals surface area contributed by atoms with Gasteiger partial charge in [-0.3, -0.25) is 0 Å². The van der Waals surface area contributed by atoms with Crippen LogP contribution in [0.15, 0.2) is 60.7 Å². The Morgan fingerprint density at radius 1 is 0.534 bits per heavy atom. The number of nitriles is 4. The zero-order valence-electron chi connectivity index (χ0n) is 28.4. The molecule has 5 aromatic rings. The summed E-state index contributed by atoms with van der Waals surface area (Å²) in [7, 11) is 0. The van der Waals surface area contributed by atoms with Gasteiger partial charge in [0.15, 0.2) is 23.3 Å². The topological polar surface area (TPSA) is 130 Å². The fourth-order valence-electron chi connectivity index (χ4n) is 7.07. The van der Waals surface area contributed by atoms with E-state index in [4.69, 9.17) is 13.1 Å². The van der Waals surface area contributed by atoms with Gasteiger partial charge in [-0.05, 0) is 44.5 Å². The quantitative estimate of drug-likeness (QED) is 0.0773. The van der Waals surface area contributed by atoms with Gasteiger partial charge in [-0.2, -0.15) is 48.6 Å². The van der Waals surface area contributed by atoms with E-state index in [0.29, 0.717) is 0 Å². The van der Waals surface area contributed by atoms with E-state index in [0.717, 1.165) is 0 Å². The van der Waals surface area contributed by atoms with Crippen LogP contribution in [0.1, 0.15) is 55.6 Å². The number of halogens is 8. The summed E-state index contributed by atoms with van der Waals surface area (Å²) in [6.45, 7) is 16.4. The molecular formula is C42H10F8N8. The third-order valence-electron chi connectivity index (χ3n) is 9.24. The lowest BCUT2D eigenvalue weighted by atomic mass is 9.82. The molecule has 0 bridgehead atoms. The number of hydrogen-bond acceptors (Lipinski definition) is 6. The zero-order valence-corrected chi connectivity index (χ0v) is 28.4. The second kappa shape index (κ2) is 14.2.